The predicted octanol–water partition coefficient (Wildman–Crippen LogP) is 0.502. The first-order chi connectivity index (χ1) is 18.6. The Morgan fingerprint density at radius 1 is 0.641 bits per heavy atom. The average Bonchev–Trinajstić information content (AvgIpc) is 3.41. The van der Waals surface area contributed by atoms with Gasteiger partial charge in [0.15, 0.2) is 0 Å². The zero-order valence-electron chi connectivity index (χ0n) is 22.8. The maximum Gasteiger partial charge on any atom is 0.253 e. The second-order valence-electron chi connectivity index (χ2n) is 10.3. The Hall–Kier alpha value is -2.50. The fourth-order valence-electron chi connectivity index (χ4n) is 5.15. The molecule has 0 aromatic heterocycles. The Labute approximate surface area is 240 Å². The molecule has 2 fully saturated rings. The molecule has 0 spiro atoms. The van der Waals surface area contributed by atoms with Crippen LogP contribution in [0.4, 0.5) is 0 Å². The normalized spacial score (nSPS) is 26.0. The summed E-state index contributed by atoms with van der Waals surface area (Å²) in [5.41, 5.74) is 0. The third kappa shape index (κ3) is 10.5. The van der Waals surface area contributed by atoms with Gasteiger partial charge in [-0.05, 0) is 75.0 Å². The molecule has 0 aromatic carbocycles. The number of amides is 4. The van der Waals surface area contributed by atoms with Gasteiger partial charge in [0.05, 0.1) is 0 Å². The van der Waals surface area contributed by atoms with Gasteiger partial charge >= 0.3 is 43.9 Å². The van der Waals surface area contributed by atoms with E-state index in [9.17, 15) is 39.0 Å². The molecule has 0 atom stereocenters. The number of carbonyl (C=O) groups excluding carboxylic acids is 6. The van der Waals surface area contributed by atoms with Gasteiger partial charge < -0.3 is 19.8 Å². The summed E-state index contributed by atoms with van der Waals surface area (Å²) in [6.07, 6.45) is 10.3. The van der Waals surface area contributed by atoms with Crippen molar-refractivity contribution in [2.45, 2.75) is 74.1 Å². The molecular weight excluding hydrogens is 611 g/mol. The smallest absolute Gasteiger partial charge is 0.253 e. The van der Waals surface area contributed by atoms with Gasteiger partial charge in [-0.2, -0.15) is 0 Å². The van der Waals surface area contributed by atoms with Crippen molar-refractivity contribution in [3.05, 3.63) is 24.3 Å². The van der Waals surface area contributed by atoms with Gasteiger partial charge in [-0.1, -0.05) is 0 Å². The van der Waals surface area contributed by atoms with Crippen LogP contribution in [0.3, 0.4) is 0 Å². The van der Waals surface area contributed by atoms with E-state index in [-0.39, 0.29) is 68.4 Å². The van der Waals surface area contributed by atoms with E-state index >= 15 is 0 Å². The molecule has 0 saturated heterocycles. The monoisotopic (exact) mass is 650 g/mol. The van der Waals surface area contributed by atoms with E-state index in [2.05, 4.69) is 13.8 Å². The number of hydrogen-bond acceptors (Lipinski definition) is 8. The van der Waals surface area contributed by atoms with Crippen LogP contribution in [0.15, 0.2) is 24.3 Å². The van der Waals surface area contributed by atoms with E-state index in [1.807, 2.05) is 0 Å². The quantitative estimate of drug-likeness (QED) is 0.272. The minimum atomic E-state index is -0.988. The maximum absolute atomic E-state index is 11.3. The Morgan fingerprint density at radius 3 is 1.13 bits per heavy atom. The Balaban J connectivity index is 0.000000234. The molecule has 0 aromatic rings. The van der Waals surface area contributed by atoms with Crippen LogP contribution in [-0.4, -0.2) is 79.6 Å². The number of rotatable bonds is 8. The molecule has 0 bridgehead atoms. The number of carboxylic acid groups (broad SMARTS) is 2. The van der Waals surface area contributed by atoms with Crippen LogP contribution in [0.25, 0.3) is 0 Å². The summed E-state index contributed by atoms with van der Waals surface area (Å²) >= 11 is 0.218. The third-order valence-electron chi connectivity index (χ3n) is 7.54. The van der Waals surface area contributed by atoms with Gasteiger partial charge in [0.25, 0.3) is 23.6 Å². The van der Waals surface area contributed by atoms with Crippen molar-refractivity contribution < 1.29 is 39.0 Å². The number of carboxylic acids is 2. The van der Waals surface area contributed by atoms with Crippen molar-refractivity contribution in [2.75, 3.05) is 13.1 Å². The van der Waals surface area contributed by atoms with E-state index in [0.717, 1.165) is 25.7 Å². The fraction of sp³-hybridized carbons (Fsp3) is 0.643. The van der Waals surface area contributed by atoms with Crippen molar-refractivity contribution in [2.24, 2.45) is 23.7 Å². The molecule has 2 aliphatic carbocycles. The average molecular weight is 649 g/mol. The Kier molecular flexibility index (Phi) is 13.9. The molecule has 4 rings (SSSR count). The first kappa shape index (κ1) is 32.7. The molecule has 10 nitrogen and oxygen atoms in total. The van der Waals surface area contributed by atoms with E-state index in [4.69, 9.17) is 0 Å². The molecule has 212 valence electrons. The van der Waals surface area contributed by atoms with Crippen LogP contribution < -0.4 is 10.2 Å². The molecule has 4 aliphatic rings. The Morgan fingerprint density at radius 2 is 0.923 bits per heavy atom. The number of nitrogens with zero attached hydrogens (tertiary/aromatic N) is 2. The van der Waals surface area contributed by atoms with Crippen LogP contribution in [-0.2, 0) is 28.8 Å². The maximum atomic E-state index is 11.3. The van der Waals surface area contributed by atoms with E-state index in [1.54, 1.807) is 0 Å². The van der Waals surface area contributed by atoms with E-state index in [0.29, 0.717) is 38.8 Å². The van der Waals surface area contributed by atoms with Crippen molar-refractivity contribution in [3.63, 3.8) is 0 Å². The molecule has 39 heavy (non-hydrogen) atoms. The molecule has 2 saturated carbocycles. The SMILES string of the molecule is C[CH2][Sn+2][CH2]C.O=C([O-])C1CCC(CN2C(=O)C=CC2=O)CC1.O=C([O-])C1CCC(CN2C(=O)C=CC2=O)CC1. The summed E-state index contributed by atoms with van der Waals surface area (Å²) in [6, 6.07) is 0. The third-order valence-corrected chi connectivity index (χ3v) is 10.4. The summed E-state index contributed by atoms with van der Waals surface area (Å²) < 4.78 is 3.03. The molecule has 2 heterocycles. The van der Waals surface area contributed by atoms with Crippen LogP contribution in [0.2, 0.25) is 8.87 Å². The largest absolute Gasteiger partial charge is 0.550 e. The van der Waals surface area contributed by atoms with Crippen molar-refractivity contribution in [1.29, 1.82) is 0 Å². The van der Waals surface area contributed by atoms with E-state index < -0.39 is 11.9 Å². The standard InChI is InChI=1S/2C12H15NO4.2C2H5.Sn/c2*14-10-5-6-11(15)13(10)7-8-1-3-9(4-2-8)12(16)17;2*1-2;/h2*5-6,8-9H,1-4,7H2,(H,16,17);2*1H2,2H3;/q;;;;+2/p-2. The molecule has 2 aliphatic heterocycles. The van der Waals surface area contributed by atoms with Crippen LogP contribution in [0.5, 0.6) is 0 Å². The zero-order chi connectivity index (χ0) is 28.9. The minimum absolute atomic E-state index is 0.218. The molecule has 11 heteroatoms. The summed E-state index contributed by atoms with van der Waals surface area (Å²) in [5.74, 6) is -3.33. The second kappa shape index (κ2) is 16.6. The van der Waals surface area contributed by atoms with Crippen LogP contribution in [0.1, 0.15) is 65.2 Å². The van der Waals surface area contributed by atoms with E-state index in [1.165, 1.54) is 43.0 Å². The fourth-order valence-corrected chi connectivity index (χ4v) is 6.58. The van der Waals surface area contributed by atoms with Gasteiger partial charge in [0.2, 0.25) is 0 Å². The minimum Gasteiger partial charge on any atom is -0.550 e. The molecule has 4 amide bonds. The predicted molar refractivity (Wildman–Crippen MR) is 139 cm³/mol. The Bertz CT molecular complexity index is 851. The number of imide groups is 2. The van der Waals surface area contributed by atoms with Gasteiger partial charge in [-0.25, -0.2) is 0 Å². The van der Waals surface area contributed by atoms with Crippen molar-refractivity contribution >= 4 is 56.7 Å². The summed E-state index contributed by atoms with van der Waals surface area (Å²) in [6.45, 7) is 5.39. The van der Waals surface area contributed by atoms with Gasteiger partial charge in [-0.3, -0.25) is 29.0 Å². The summed E-state index contributed by atoms with van der Waals surface area (Å²) in [7, 11) is 0. The zero-order valence-corrected chi connectivity index (χ0v) is 25.6. The molecule has 0 N–H and O–H groups in total. The van der Waals surface area contributed by atoms with Gasteiger partial charge in [0.1, 0.15) is 0 Å². The molecular formula is C28H38N2O8Sn. The van der Waals surface area contributed by atoms with Crippen molar-refractivity contribution in [1.82, 2.24) is 9.80 Å². The first-order valence-corrected chi connectivity index (χ1v) is 17.8. The van der Waals surface area contributed by atoms with Crippen LogP contribution >= 0.6 is 0 Å². The molecule has 0 radical (unpaired) electrons. The van der Waals surface area contributed by atoms with Crippen LogP contribution in [0, 0.1) is 23.7 Å². The summed E-state index contributed by atoms with van der Waals surface area (Å²) in [5, 5.41) is 21.3. The number of carbonyl (C=O) groups is 6. The number of aliphatic carboxylic acids is 2. The van der Waals surface area contributed by atoms with Gasteiger partial charge in [-0.15, -0.1) is 0 Å². The number of hydrogen-bond donors (Lipinski definition) is 0. The first-order valence-electron chi connectivity index (χ1n) is 13.8. The second-order valence-corrected chi connectivity index (χ2v) is 15.7. The summed E-state index contributed by atoms with van der Waals surface area (Å²) in [4.78, 5) is 69.2. The topological polar surface area (TPSA) is 155 Å². The molecule has 0 unspecified atom stereocenters. The van der Waals surface area contributed by atoms with Gasteiger partial charge in [0, 0.05) is 49.3 Å². The van der Waals surface area contributed by atoms with Crippen molar-refractivity contribution in [3.8, 4) is 0 Å².